The number of nitrogens with one attached hydrogen (secondary N) is 1. The number of aryl methyl sites for hydroxylation is 1. The van der Waals surface area contributed by atoms with Crippen molar-refractivity contribution in [1.82, 2.24) is 9.97 Å². The Balaban J connectivity index is 2.39. The van der Waals surface area contributed by atoms with Crippen LogP contribution in [0.4, 0.5) is 0 Å². The smallest absolute Gasteiger partial charge is 0.248 e. The highest BCUT2D eigenvalue weighted by Crippen LogP contribution is 2.39. The van der Waals surface area contributed by atoms with E-state index in [9.17, 15) is 9.59 Å². The van der Waals surface area contributed by atoms with Crippen molar-refractivity contribution in [3.8, 4) is 11.3 Å². The summed E-state index contributed by atoms with van der Waals surface area (Å²) in [6.45, 7) is 9.46. The van der Waals surface area contributed by atoms with Crippen LogP contribution in [0.5, 0.6) is 0 Å². The number of rotatable bonds is 1. The first kappa shape index (κ1) is 12.6. The molecule has 102 valence electrons. The number of fused-ring (bicyclic) bond motifs is 3. The second-order valence-electron chi connectivity index (χ2n) is 5.26. The van der Waals surface area contributed by atoms with E-state index in [1.54, 1.807) is 6.92 Å². The third kappa shape index (κ3) is 1.59. The monoisotopic (exact) mass is 270 g/mol. The molecule has 0 aromatic carbocycles. The maximum absolute atomic E-state index is 12.3. The lowest BCUT2D eigenvalue weighted by molar-refractivity contribution is 0.105. The molecule has 0 spiro atoms. The standard InChI is InChI=1S/C15H14N2O3/c1-6(2)15-17-12-13(19)8(4)11-10(14(12)20-15)7(3)5-9(18)16-11/h5-6H,4H2,1-3H3,(H,16,18). The minimum atomic E-state index is -0.301. The molecule has 20 heavy (non-hydrogen) atoms. The van der Waals surface area contributed by atoms with Crippen molar-refractivity contribution in [2.24, 2.45) is 0 Å². The molecule has 2 aromatic rings. The topological polar surface area (TPSA) is 76.0 Å². The molecule has 1 N–H and O–H groups in total. The van der Waals surface area contributed by atoms with E-state index in [1.165, 1.54) is 6.07 Å². The largest absolute Gasteiger partial charge is 0.440 e. The van der Waals surface area contributed by atoms with Crippen molar-refractivity contribution in [3.63, 3.8) is 0 Å². The van der Waals surface area contributed by atoms with Gasteiger partial charge in [-0.15, -0.1) is 0 Å². The lowest BCUT2D eigenvalue weighted by Gasteiger charge is -2.16. The van der Waals surface area contributed by atoms with Crippen LogP contribution < -0.4 is 5.56 Å². The summed E-state index contributed by atoms with van der Waals surface area (Å²) in [4.78, 5) is 30.8. The maximum Gasteiger partial charge on any atom is 0.248 e. The fraction of sp³-hybridized carbons (Fsp3) is 0.267. The van der Waals surface area contributed by atoms with Gasteiger partial charge in [0.15, 0.2) is 17.3 Å². The molecule has 0 saturated heterocycles. The molecule has 1 aliphatic rings. The number of hydrogen-bond donors (Lipinski definition) is 1. The Morgan fingerprint density at radius 1 is 1.35 bits per heavy atom. The van der Waals surface area contributed by atoms with Crippen molar-refractivity contribution in [1.29, 1.82) is 0 Å². The van der Waals surface area contributed by atoms with Gasteiger partial charge in [0.1, 0.15) is 0 Å². The van der Waals surface area contributed by atoms with Crippen molar-refractivity contribution in [2.45, 2.75) is 26.7 Å². The zero-order chi connectivity index (χ0) is 14.6. The lowest BCUT2D eigenvalue weighted by Crippen LogP contribution is -2.18. The molecule has 3 rings (SSSR count). The molecule has 0 unspecified atom stereocenters. The molecule has 5 heteroatoms. The number of pyridine rings is 1. The Morgan fingerprint density at radius 3 is 2.70 bits per heavy atom. The second kappa shape index (κ2) is 4.03. The lowest BCUT2D eigenvalue weighted by atomic mass is 9.90. The fourth-order valence-electron chi connectivity index (χ4n) is 2.37. The molecule has 2 heterocycles. The number of nitrogens with zero attached hydrogens (tertiary/aromatic N) is 1. The van der Waals surface area contributed by atoms with Gasteiger partial charge in [-0.1, -0.05) is 20.4 Å². The summed E-state index contributed by atoms with van der Waals surface area (Å²) in [5, 5.41) is 0. The van der Waals surface area contributed by atoms with Crippen LogP contribution in [0, 0.1) is 6.92 Å². The van der Waals surface area contributed by atoms with Crippen LogP contribution in [0.1, 0.15) is 47.4 Å². The number of ketones is 1. The zero-order valence-electron chi connectivity index (χ0n) is 11.5. The Bertz CT molecular complexity index is 809. The number of oxazole rings is 1. The Morgan fingerprint density at radius 2 is 2.05 bits per heavy atom. The van der Waals surface area contributed by atoms with Crippen LogP contribution in [0.15, 0.2) is 21.9 Å². The first-order chi connectivity index (χ1) is 9.40. The SMILES string of the molecule is C=C1C(=O)c2nc(C(C)C)oc2-c2c(C)cc(=O)[nH]c21. The Kier molecular flexibility index (Phi) is 2.54. The van der Waals surface area contributed by atoms with Gasteiger partial charge < -0.3 is 9.40 Å². The van der Waals surface area contributed by atoms with Gasteiger partial charge in [0.25, 0.3) is 0 Å². The van der Waals surface area contributed by atoms with Crippen LogP contribution in [-0.4, -0.2) is 15.8 Å². The van der Waals surface area contributed by atoms with E-state index in [-0.39, 0.29) is 28.5 Å². The summed E-state index contributed by atoms with van der Waals surface area (Å²) in [7, 11) is 0. The van der Waals surface area contributed by atoms with Gasteiger partial charge in [0.05, 0.1) is 5.69 Å². The minimum absolute atomic E-state index is 0.0770. The van der Waals surface area contributed by atoms with E-state index in [4.69, 9.17) is 4.42 Å². The van der Waals surface area contributed by atoms with Gasteiger partial charge >= 0.3 is 0 Å². The van der Waals surface area contributed by atoms with E-state index < -0.39 is 0 Å². The highest BCUT2D eigenvalue weighted by atomic mass is 16.4. The van der Waals surface area contributed by atoms with Crippen molar-refractivity contribution >= 4 is 11.4 Å². The number of allylic oxidation sites excluding steroid dienone is 1. The minimum Gasteiger partial charge on any atom is -0.440 e. The van der Waals surface area contributed by atoms with Gasteiger partial charge in [-0.05, 0) is 12.5 Å². The van der Waals surface area contributed by atoms with Crippen LogP contribution in [0.25, 0.3) is 16.9 Å². The Hall–Kier alpha value is -2.43. The van der Waals surface area contributed by atoms with Gasteiger partial charge in [0, 0.05) is 23.1 Å². The highest BCUT2D eigenvalue weighted by molar-refractivity contribution is 6.32. The average molecular weight is 270 g/mol. The van der Waals surface area contributed by atoms with Crippen LogP contribution >= 0.6 is 0 Å². The number of H-pyrrole nitrogens is 1. The van der Waals surface area contributed by atoms with E-state index >= 15 is 0 Å². The predicted octanol–water partition coefficient (Wildman–Crippen LogP) is 2.67. The third-order valence-electron chi connectivity index (χ3n) is 3.40. The molecule has 0 radical (unpaired) electrons. The van der Waals surface area contributed by atoms with Crippen LogP contribution in [0.3, 0.4) is 0 Å². The molecule has 1 aliphatic carbocycles. The van der Waals surface area contributed by atoms with E-state index in [2.05, 4.69) is 16.5 Å². The molecule has 0 aliphatic heterocycles. The second-order valence-corrected chi connectivity index (χ2v) is 5.26. The maximum atomic E-state index is 12.3. The predicted molar refractivity (Wildman–Crippen MR) is 74.8 cm³/mol. The molecule has 5 nitrogen and oxygen atoms in total. The number of hydrogen-bond acceptors (Lipinski definition) is 4. The molecule has 0 bridgehead atoms. The summed E-state index contributed by atoms with van der Waals surface area (Å²) in [6.07, 6.45) is 0. The first-order valence-corrected chi connectivity index (χ1v) is 6.39. The molecule has 0 fully saturated rings. The normalized spacial score (nSPS) is 13.6. The first-order valence-electron chi connectivity index (χ1n) is 6.39. The molecule has 2 aromatic heterocycles. The molecule has 0 atom stereocenters. The summed E-state index contributed by atoms with van der Waals surface area (Å²) in [5.41, 5.74) is 2.13. The molecular formula is C15H14N2O3. The summed E-state index contributed by atoms with van der Waals surface area (Å²) < 4.78 is 5.74. The van der Waals surface area contributed by atoms with Gasteiger partial charge in [-0.2, -0.15) is 0 Å². The van der Waals surface area contributed by atoms with Crippen molar-refractivity contribution in [3.05, 3.63) is 45.8 Å². The van der Waals surface area contributed by atoms with E-state index in [0.29, 0.717) is 22.9 Å². The number of Topliss-reactive ketones (excluding diaryl/α,β-unsaturated/α-hetero) is 1. The van der Waals surface area contributed by atoms with Crippen LogP contribution in [0.2, 0.25) is 0 Å². The number of carbonyl (C=O) groups is 1. The summed E-state index contributed by atoms with van der Waals surface area (Å²) >= 11 is 0. The van der Waals surface area contributed by atoms with E-state index in [1.807, 2.05) is 13.8 Å². The Labute approximate surface area is 115 Å². The number of aromatic amines is 1. The van der Waals surface area contributed by atoms with Crippen LogP contribution in [-0.2, 0) is 0 Å². The van der Waals surface area contributed by atoms with Gasteiger partial charge in [0.2, 0.25) is 11.3 Å². The zero-order valence-corrected chi connectivity index (χ0v) is 11.5. The van der Waals surface area contributed by atoms with Crippen molar-refractivity contribution in [2.75, 3.05) is 0 Å². The van der Waals surface area contributed by atoms with Gasteiger partial charge in [-0.25, -0.2) is 4.98 Å². The molecule has 0 amide bonds. The summed E-state index contributed by atoms with van der Waals surface area (Å²) in [5.74, 6) is 0.710. The number of carbonyl (C=O) groups excluding carboxylic acids is 1. The van der Waals surface area contributed by atoms with Gasteiger partial charge in [-0.3, -0.25) is 9.59 Å². The molecule has 0 saturated carbocycles. The van der Waals surface area contributed by atoms with E-state index in [0.717, 1.165) is 5.56 Å². The third-order valence-corrected chi connectivity index (χ3v) is 3.40. The fourth-order valence-corrected chi connectivity index (χ4v) is 2.37. The average Bonchev–Trinajstić information content (AvgIpc) is 2.80. The molecular weight excluding hydrogens is 256 g/mol. The van der Waals surface area contributed by atoms with Crippen molar-refractivity contribution < 1.29 is 9.21 Å². The number of aromatic nitrogens is 2. The quantitative estimate of drug-likeness (QED) is 0.808. The summed E-state index contributed by atoms with van der Waals surface area (Å²) in [6, 6.07) is 1.48. The highest BCUT2D eigenvalue weighted by Gasteiger charge is 2.33.